The van der Waals surface area contributed by atoms with Gasteiger partial charge < -0.3 is 18.9 Å². The predicted octanol–water partition coefficient (Wildman–Crippen LogP) is 97.8. The quantitative estimate of drug-likeness (QED) is 0.0485. The summed E-state index contributed by atoms with van der Waals surface area (Å²) in [5, 5.41) is 0. The van der Waals surface area contributed by atoms with E-state index in [9.17, 15) is 8.42 Å². The van der Waals surface area contributed by atoms with Crippen LogP contribution < -0.4 is 32.2 Å². The van der Waals surface area contributed by atoms with Gasteiger partial charge in [0.05, 0.1) is 28.4 Å². The molecule has 0 spiro atoms. The van der Waals surface area contributed by atoms with Crippen molar-refractivity contribution in [2.24, 2.45) is 0 Å². The molecule has 910 valence electrons. The summed E-state index contributed by atoms with van der Waals surface area (Å²) in [6.45, 7) is 0. The molecule has 0 saturated heterocycles. The summed E-state index contributed by atoms with van der Waals surface area (Å²) in [6.07, 6.45) is 0. The molecule has 0 aliphatic rings. The Balaban J connectivity index is 0.00000640. The zero-order valence-corrected chi connectivity index (χ0v) is 297. The van der Waals surface area contributed by atoms with E-state index in [1.54, 1.807) is 20.3 Å². The molecule has 0 aliphatic carbocycles. The monoisotopic (exact) mass is 14500 g/mol. The van der Waals surface area contributed by atoms with Gasteiger partial charge in [0.15, 0.2) is 4.90 Å². The summed E-state index contributed by atoms with van der Waals surface area (Å²) in [4.78, 5) is -0.147. The third-order valence-electron chi connectivity index (χ3n) is 7.27. The van der Waals surface area contributed by atoms with Crippen molar-refractivity contribution in [3.05, 3.63) is 42.5 Å². The Morgan fingerprint density at radius 3 is 0.422 bits per heavy atom. The fraction of sp³-hybridized carbons (Fsp3) is 0.250. The molecule has 6 nitrogen and oxygen atoms in total. The molecule has 0 heterocycles. The summed E-state index contributed by atoms with van der Waals surface area (Å²) >= 11 is 191. The number of benzene rings is 2. The Morgan fingerprint density at radius 2 is 0.319 bits per heavy atom. The molecular weight excluding hydrogens is 14400 g/mol. The van der Waals surface area contributed by atoms with Gasteiger partial charge in [0.25, 0.3) is 9.05 Å². The Kier molecular flexibility index (Phi) is 202. The first kappa shape index (κ1) is 214. The number of ether oxygens (including phenoxy) is 4. The second-order valence-corrected chi connectivity index (χ2v) is 2660. The maximum atomic E-state index is 11.2. The SMILES string of the molecule is COc1cccc(OC)c1.COc1cccc(OC)c1S(=O)(=O)Cl.I[I-]I(I)I(I)I(I)I(I)I(I)I(I)I(I)I(I)I(I)I(I)I(I)I(I)I(I)I(I)I(I)I(I)I(I)I(I)I(I)I(I)I(I)I(I)I(I)I(I)I(I)I(I)I(I)I(I)I(I)I(I)I(I)I(I)I(I)I(I)I(I)I(I)I(I)I(I)I(I)I(I)I(I)I(I)I(I)I(I)I(I)I(I)I(I)I(I)I(I)I(I)I(I)I(I)I(I)I(I)I. The van der Waals surface area contributed by atoms with Crippen LogP contribution in [0.2, 0.25) is 0 Å². The van der Waals surface area contributed by atoms with E-state index in [-0.39, 0.29) is 16.4 Å². The fourth-order valence-electron chi connectivity index (χ4n) is 3.41. The average Bonchev–Trinajstić information content (AvgIpc) is 0.814. The molecule has 0 radical (unpaired) electrons. The van der Waals surface area contributed by atoms with E-state index in [1.165, 1.54) is 26.4 Å². The van der Waals surface area contributed by atoms with Crippen molar-refractivity contribution in [3.63, 3.8) is 0 Å². The second-order valence-electron chi connectivity index (χ2n) is 13.1. The molecule has 0 unspecified atom stereocenters. The molecule has 0 N–H and O–H groups in total. The molecule has 2 aromatic rings. The van der Waals surface area contributed by atoms with Crippen LogP contribution in [0, 0.1) is 0 Å². The Labute approximate surface area is 1540 Å². The topological polar surface area (TPSA) is 71.1 Å². The Bertz CT molecular complexity index is 3560. The number of hydrogen-bond acceptors (Lipinski definition) is 6. The van der Waals surface area contributed by atoms with E-state index in [4.69, 9.17) is 29.6 Å². The summed E-state index contributed by atoms with van der Waals surface area (Å²) in [6, 6.07) is 12.1. The van der Waals surface area contributed by atoms with Crippen molar-refractivity contribution in [1.29, 1.82) is 0 Å². The summed E-state index contributed by atoms with van der Waals surface area (Å²) in [5.41, 5.74) is 0. The van der Waals surface area contributed by atoms with Crippen molar-refractivity contribution in [3.8, 4) is 23.0 Å². The standard InChI is InChI=1S/C8H9ClO4S.C8H10O2.I111/c1-12-6-4-3-5-7(13-2)8(6)14(9,10)11;1-9-7-4-3-5-8(6-7)10-2;1-57-59(4)61(6)63(8)65(10)67(12)69(14)71(16)73(18)75(20)77(22)79(24)81(26)83(28)85(30)87(32)89(34)91(36)93(38)95(40)97(42)99(44)101(46)103(48)105(50)107(52)109(54)111(56)110(55)108(53)106(51)104(49)102(47)100(45)98(43)96(41)94(39)92(37)90(35)88(33)86(31)84(29)82(27)80(25)78(23)76(21)74(19)72(17)70(15)68(13)66(11)64(9)62(7)60(5)58(2)3/h3-5H,1-2H3;3-6H,1-2H3;/q;;-1. The first-order valence-electron chi connectivity index (χ1n) is 22.4. The van der Waals surface area contributed by atoms with E-state index in [1.807, 2.05) is 24.3 Å². The van der Waals surface area contributed by atoms with Crippen LogP contribution in [0.15, 0.2) is 47.4 Å². The van der Waals surface area contributed by atoms with E-state index >= 15 is 0 Å². The minimum absolute atomic E-state index is 0.147. The zero-order chi connectivity index (χ0) is 106. The van der Waals surface area contributed by atoms with Crippen LogP contribution in [-0.4, -0.2) is 36.9 Å². The first-order chi connectivity index (χ1) is 61.9. The van der Waals surface area contributed by atoms with E-state index < -0.39 is 435 Å². The van der Waals surface area contributed by atoms with Gasteiger partial charge in [-0.3, -0.25) is 0 Å². The van der Waals surface area contributed by atoms with Crippen molar-refractivity contribution in [1.82, 2.24) is 0 Å². The van der Waals surface area contributed by atoms with Crippen LogP contribution in [0.5, 0.6) is 23.0 Å². The van der Waals surface area contributed by atoms with Gasteiger partial charge in [-0.1, -0.05) is 12.1 Å². The molecule has 2 aromatic carbocycles. The zero-order valence-electron chi connectivity index (χ0n) is 55.7. The maximum absolute atomic E-state index is 11.2. The fourth-order valence-corrected chi connectivity index (χ4v) is 22000. The number of hydrogen-bond donors (Lipinski definition) is 0. The van der Waals surface area contributed by atoms with Crippen molar-refractivity contribution in [2.45, 2.75) is 4.90 Å². The second kappa shape index (κ2) is 127. The third-order valence-corrected chi connectivity index (χ3v) is 8850. The molecule has 135 heavy (non-hydrogen) atoms. The molecule has 2 rings (SSSR count). The summed E-state index contributed by atoms with van der Waals surface area (Å²) in [5.74, 6) is 1.97. The molecule has 0 saturated carbocycles. The van der Waals surface area contributed by atoms with E-state index in [0.29, 0.717) is 13.3 Å². The van der Waals surface area contributed by atoms with Gasteiger partial charge in [-0.25, -0.2) is 8.42 Å². The van der Waals surface area contributed by atoms with Gasteiger partial charge >= 0.3 is 1480 Å². The Morgan fingerprint density at radius 1 is 0.200 bits per heavy atom. The van der Waals surface area contributed by atoms with Crippen molar-refractivity contribution < 1.29 is 40.6 Å². The van der Waals surface area contributed by atoms with Gasteiger partial charge in [-0.15, -0.1) is 0 Å². The summed E-state index contributed by atoms with van der Waals surface area (Å²) < 4.78 is 42.1. The third kappa shape index (κ3) is 86.5. The van der Waals surface area contributed by atoms with Crippen LogP contribution in [0.4, 0.5) is 0 Å². The number of methoxy groups -OCH3 is 4. The molecule has 0 atom stereocenters. The Hall–Kier alpha value is 78.9. The number of rotatable bonds is 59. The normalized spacial score (nSPS) is 17.6. The van der Waals surface area contributed by atoms with Gasteiger partial charge in [0.2, 0.25) is 0 Å². The predicted molar refractivity (Wildman–Crippen MR) is 1630 cm³/mol. The minimum atomic E-state index is -3.87. The summed E-state index contributed by atoms with van der Waals surface area (Å²) in [7, 11) is -26.1. The molecule has 0 aromatic heterocycles. The van der Waals surface area contributed by atoms with Crippen LogP contribution in [0.25, 0.3) is 0 Å². The van der Waals surface area contributed by atoms with Crippen LogP contribution in [0.1, 0.15) is 0 Å². The van der Waals surface area contributed by atoms with E-state index in [2.05, 4.69) is 1040 Å². The van der Waals surface area contributed by atoms with Crippen molar-refractivity contribution in [2.75, 3.05) is 28.4 Å². The molecule has 119 heteroatoms. The van der Waals surface area contributed by atoms with Crippen LogP contribution >= 0.6 is 1480 Å². The molecule has 0 amide bonds. The van der Waals surface area contributed by atoms with Crippen LogP contribution in [-0.2, 0) is 9.05 Å². The molecule has 0 fully saturated rings. The molecular formula is C16H19ClI111O6S-. The van der Waals surface area contributed by atoms with Gasteiger partial charge in [0, 0.05) is 16.7 Å². The van der Waals surface area contributed by atoms with Gasteiger partial charge in [-0.05, 0) is 24.3 Å². The number of halogens is 112. The van der Waals surface area contributed by atoms with Crippen molar-refractivity contribution >= 4 is 1490 Å². The molecule has 0 aliphatic heterocycles. The van der Waals surface area contributed by atoms with Gasteiger partial charge in [-0.2, -0.15) is 0 Å². The van der Waals surface area contributed by atoms with Gasteiger partial charge in [0.1, 0.15) is 23.0 Å². The van der Waals surface area contributed by atoms with E-state index in [0.717, 1.165) is 11.5 Å². The van der Waals surface area contributed by atoms with Crippen LogP contribution in [0.3, 0.4) is 0 Å². The molecule has 0 bridgehead atoms. The first-order valence-corrected chi connectivity index (χ1v) is 716. The average molecular weight is 14500 g/mol.